The zero-order valence-electron chi connectivity index (χ0n) is 14.7. The first kappa shape index (κ1) is 21.0. The van der Waals surface area contributed by atoms with Gasteiger partial charge in [-0.1, -0.05) is 6.07 Å². The summed E-state index contributed by atoms with van der Waals surface area (Å²) in [7, 11) is 0. The van der Waals surface area contributed by atoms with E-state index in [1.54, 1.807) is 16.2 Å². The van der Waals surface area contributed by atoms with Crippen molar-refractivity contribution in [2.75, 3.05) is 19.6 Å². The largest absolute Gasteiger partial charge is 0.444 e. The van der Waals surface area contributed by atoms with Gasteiger partial charge in [0.25, 0.3) is 0 Å². The van der Waals surface area contributed by atoms with Gasteiger partial charge < -0.3 is 20.3 Å². The molecule has 1 saturated heterocycles. The summed E-state index contributed by atoms with van der Waals surface area (Å²) >= 11 is 1.70. The number of amides is 1. The lowest BCUT2D eigenvalue weighted by atomic mass is 10.1. The molecule has 1 amide bonds. The minimum absolute atomic E-state index is 0. The topological polar surface area (TPSA) is 66.0 Å². The third-order valence-corrected chi connectivity index (χ3v) is 4.05. The van der Waals surface area contributed by atoms with Crippen molar-refractivity contribution in [3.8, 4) is 0 Å². The number of thiophene rings is 1. The zero-order chi connectivity index (χ0) is 16.9. The number of likely N-dealkylation sites (tertiary alicyclic amines) is 1. The molecule has 0 bridgehead atoms. The summed E-state index contributed by atoms with van der Waals surface area (Å²) < 4.78 is 5.35. The highest BCUT2D eigenvalue weighted by Gasteiger charge is 2.34. The van der Waals surface area contributed by atoms with Gasteiger partial charge in [0, 0.05) is 24.5 Å². The molecule has 24 heavy (non-hydrogen) atoms. The van der Waals surface area contributed by atoms with Crippen LogP contribution in [0.5, 0.6) is 0 Å². The van der Waals surface area contributed by atoms with Crippen LogP contribution in [0.4, 0.5) is 4.79 Å². The SMILES string of the molecule is CCNC(=NCc1cccs1)NC1CN(C(=O)OC(C)(C)C)C1.I. The van der Waals surface area contributed by atoms with Gasteiger partial charge in [0.05, 0.1) is 12.6 Å². The van der Waals surface area contributed by atoms with Crippen LogP contribution in [0.1, 0.15) is 32.6 Å². The van der Waals surface area contributed by atoms with E-state index in [1.165, 1.54) is 4.88 Å². The molecule has 1 aliphatic heterocycles. The van der Waals surface area contributed by atoms with Gasteiger partial charge in [0.2, 0.25) is 0 Å². The van der Waals surface area contributed by atoms with Crippen LogP contribution >= 0.6 is 35.3 Å². The number of aliphatic imine (C=N–C) groups is 1. The van der Waals surface area contributed by atoms with Crippen molar-refractivity contribution >= 4 is 47.4 Å². The second-order valence-corrected chi connectivity index (χ2v) is 7.53. The third-order valence-electron chi connectivity index (χ3n) is 3.19. The van der Waals surface area contributed by atoms with Gasteiger partial charge in [-0.25, -0.2) is 9.79 Å². The Hall–Kier alpha value is -1.03. The van der Waals surface area contributed by atoms with Crippen molar-refractivity contribution in [3.63, 3.8) is 0 Å². The van der Waals surface area contributed by atoms with Crippen molar-refractivity contribution in [2.45, 2.75) is 45.9 Å². The van der Waals surface area contributed by atoms with E-state index < -0.39 is 5.60 Å². The Morgan fingerprint density at radius 1 is 1.46 bits per heavy atom. The van der Waals surface area contributed by atoms with Gasteiger partial charge in [-0.3, -0.25) is 0 Å². The van der Waals surface area contributed by atoms with Crippen molar-refractivity contribution in [1.82, 2.24) is 15.5 Å². The molecule has 0 aliphatic carbocycles. The van der Waals surface area contributed by atoms with Gasteiger partial charge in [-0.2, -0.15) is 0 Å². The van der Waals surface area contributed by atoms with Gasteiger partial charge in [0.15, 0.2) is 5.96 Å². The lowest BCUT2D eigenvalue weighted by Crippen LogP contribution is -2.63. The van der Waals surface area contributed by atoms with E-state index in [1.807, 2.05) is 33.8 Å². The monoisotopic (exact) mass is 466 g/mol. The van der Waals surface area contributed by atoms with Gasteiger partial charge in [0.1, 0.15) is 5.60 Å². The van der Waals surface area contributed by atoms with Crippen molar-refractivity contribution in [2.24, 2.45) is 4.99 Å². The number of nitrogens with zero attached hydrogens (tertiary/aromatic N) is 2. The van der Waals surface area contributed by atoms with Crippen LogP contribution in [0.3, 0.4) is 0 Å². The number of nitrogens with one attached hydrogen (secondary N) is 2. The molecule has 136 valence electrons. The average Bonchev–Trinajstić information content (AvgIpc) is 2.90. The minimum atomic E-state index is -0.452. The Morgan fingerprint density at radius 3 is 2.71 bits per heavy atom. The lowest BCUT2D eigenvalue weighted by molar-refractivity contribution is 0.00701. The summed E-state index contributed by atoms with van der Waals surface area (Å²) in [5.41, 5.74) is -0.452. The Balaban J connectivity index is 0.00000288. The van der Waals surface area contributed by atoms with Crippen LogP contribution < -0.4 is 10.6 Å². The van der Waals surface area contributed by atoms with E-state index in [0.29, 0.717) is 19.6 Å². The number of carbonyl (C=O) groups excluding carboxylic acids is 1. The summed E-state index contributed by atoms with van der Waals surface area (Å²) in [6, 6.07) is 4.31. The molecule has 0 spiro atoms. The summed E-state index contributed by atoms with van der Waals surface area (Å²) in [4.78, 5) is 19.4. The molecule has 1 aromatic heterocycles. The second-order valence-electron chi connectivity index (χ2n) is 6.50. The van der Waals surface area contributed by atoms with Crippen LogP contribution in [0.15, 0.2) is 22.5 Å². The van der Waals surface area contributed by atoms with E-state index in [4.69, 9.17) is 4.74 Å². The Morgan fingerprint density at radius 2 is 2.17 bits per heavy atom. The molecule has 2 heterocycles. The van der Waals surface area contributed by atoms with E-state index in [-0.39, 0.29) is 36.1 Å². The van der Waals surface area contributed by atoms with Crippen LogP contribution in [0.2, 0.25) is 0 Å². The predicted octanol–water partition coefficient (Wildman–Crippen LogP) is 3.04. The van der Waals surface area contributed by atoms with E-state index in [2.05, 4.69) is 27.1 Å². The standard InChI is InChI=1S/C16H26N4O2S.HI/c1-5-17-14(18-9-13-7-6-8-23-13)19-12-10-20(11-12)15(21)22-16(2,3)4;/h6-8,12H,5,9-11H2,1-4H3,(H2,17,18,19);1H. The van der Waals surface area contributed by atoms with E-state index in [0.717, 1.165) is 12.5 Å². The molecule has 1 aromatic rings. The first-order valence-corrected chi connectivity index (χ1v) is 8.80. The lowest BCUT2D eigenvalue weighted by Gasteiger charge is -2.40. The van der Waals surface area contributed by atoms with Crippen molar-refractivity contribution < 1.29 is 9.53 Å². The molecular weight excluding hydrogens is 439 g/mol. The number of guanidine groups is 1. The molecule has 0 saturated carbocycles. The fourth-order valence-electron chi connectivity index (χ4n) is 2.12. The maximum Gasteiger partial charge on any atom is 0.410 e. The first-order valence-electron chi connectivity index (χ1n) is 7.92. The van der Waals surface area contributed by atoms with E-state index >= 15 is 0 Å². The quantitative estimate of drug-likeness (QED) is 0.407. The number of rotatable bonds is 4. The normalized spacial score (nSPS) is 15.3. The highest BCUT2D eigenvalue weighted by molar-refractivity contribution is 14.0. The molecule has 2 N–H and O–H groups in total. The molecule has 8 heteroatoms. The van der Waals surface area contributed by atoms with Crippen LogP contribution in [-0.4, -0.2) is 48.2 Å². The third kappa shape index (κ3) is 6.84. The molecule has 0 aromatic carbocycles. The van der Waals surface area contributed by atoms with Crippen LogP contribution in [-0.2, 0) is 11.3 Å². The molecule has 0 atom stereocenters. The smallest absolute Gasteiger partial charge is 0.410 e. The number of carbonyl (C=O) groups is 1. The summed E-state index contributed by atoms with van der Waals surface area (Å²) in [6.07, 6.45) is -0.254. The molecule has 0 unspecified atom stereocenters. The number of halogens is 1. The molecule has 1 fully saturated rings. The van der Waals surface area contributed by atoms with Crippen LogP contribution in [0.25, 0.3) is 0 Å². The molecule has 6 nitrogen and oxygen atoms in total. The molecule has 0 radical (unpaired) electrons. The Labute approximate surface area is 165 Å². The average molecular weight is 466 g/mol. The maximum absolute atomic E-state index is 11.9. The maximum atomic E-state index is 11.9. The van der Waals surface area contributed by atoms with Crippen LogP contribution in [0, 0.1) is 0 Å². The van der Waals surface area contributed by atoms with Gasteiger partial charge >= 0.3 is 6.09 Å². The van der Waals surface area contributed by atoms with Crippen molar-refractivity contribution in [3.05, 3.63) is 22.4 Å². The number of hydrogen-bond acceptors (Lipinski definition) is 4. The number of ether oxygens (including phenoxy) is 1. The summed E-state index contributed by atoms with van der Waals surface area (Å²) in [5.74, 6) is 0.787. The molecule has 2 rings (SSSR count). The van der Waals surface area contributed by atoms with Gasteiger partial charge in [-0.05, 0) is 39.1 Å². The molecular formula is C16H27IN4O2S. The fraction of sp³-hybridized carbons (Fsp3) is 0.625. The summed E-state index contributed by atoms with van der Waals surface area (Å²) in [5, 5.41) is 8.65. The molecule has 1 aliphatic rings. The second kappa shape index (κ2) is 9.45. The Kier molecular flexibility index (Phi) is 8.28. The fourth-order valence-corrected chi connectivity index (χ4v) is 2.75. The highest BCUT2D eigenvalue weighted by atomic mass is 127. The van der Waals surface area contributed by atoms with Crippen molar-refractivity contribution in [1.29, 1.82) is 0 Å². The van der Waals surface area contributed by atoms with Gasteiger partial charge in [-0.15, -0.1) is 35.3 Å². The number of hydrogen-bond donors (Lipinski definition) is 2. The van der Waals surface area contributed by atoms with E-state index in [9.17, 15) is 4.79 Å². The zero-order valence-corrected chi connectivity index (χ0v) is 17.8. The predicted molar refractivity (Wildman–Crippen MR) is 109 cm³/mol. The minimum Gasteiger partial charge on any atom is -0.444 e. The Bertz CT molecular complexity index is 537. The first-order chi connectivity index (χ1) is 10.9. The highest BCUT2D eigenvalue weighted by Crippen LogP contribution is 2.15. The summed E-state index contributed by atoms with van der Waals surface area (Å²) in [6.45, 7) is 10.4.